The molecule has 1 fully saturated rings. The molecule has 0 saturated heterocycles. The second-order valence-corrected chi connectivity index (χ2v) is 5.42. The highest BCUT2D eigenvalue weighted by molar-refractivity contribution is 6.32. The summed E-state index contributed by atoms with van der Waals surface area (Å²) < 4.78 is 5.06. The Labute approximate surface area is 121 Å². The molecule has 0 heterocycles. The van der Waals surface area contributed by atoms with Gasteiger partial charge < -0.3 is 15.2 Å². The van der Waals surface area contributed by atoms with Crippen LogP contribution in [-0.4, -0.2) is 24.1 Å². The molecule has 1 aromatic carbocycles. The van der Waals surface area contributed by atoms with Gasteiger partial charge in [-0.1, -0.05) is 18.0 Å². The van der Waals surface area contributed by atoms with Crippen LogP contribution >= 0.6 is 11.6 Å². The minimum atomic E-state index is -0.896. The van der Waals surface area contributed by atoms with Gasteiger partial charge in [-0.15, -0.1) is 0 Å². The highest BCUT2D eigenvalue weighted by Crippen LogP contribution is 2.44. The molecule has 2 N–H and O–H groups in total. The molecule has 0 aliphatic heterocycles. The molecule has 1 amide bonds. The number of nitrogens with one attached hydrogen (secondary N) is 1. The average Bonchev–Trinajstić information content (AvgIpc) is 2.35. The molecule has 0 atom stereocenters. The first-order valence-electron chi connectivity index (χ1n) is 6.34. The summed E-state index contributed by atoms with van der Waals surface area (Å²) in [5.41, 5.74) is -0.350. The molecule has 6 heteroatoms. The number of carboxylic acids is 1. The monoisotopic (exact) mass is 297 g/mol. The standard InChI is InChI=1S/C14H16ClNO4/c1-20-11-7-9(3-4-10(11)15)16-12(17)8-14(13(18)19)5-2-6-14/h3-4,7H,2,5-6,8H2,1H3,(H,16,17)(H,18,19). The maximum Gasteiger partial charge on any atom is 0.310 e. The number of carboxylic acid groups (broad SMARTS) is 1. The molecule has 0 unspecified atom stereocenters. The van der Waals surface area contributed by atoms with Crippen LogP contribution in [0.15, 0.2) is 18.2 Å². The van der Waals surface area contributed by atoms with Gasteiger partial charge in [-0.3, -0.25) is 9.59 Å². The number of methoxy groups -OCH3 is 1. The normalized spacial score (nSPS) is 16.1. The van der Waals surface area contributed by atoms with E-state index in [0.717, 1.165) is 6.42 Å². The summed E-state index contributed by atoms with van der Waals surface area (Å²) in [6.45, 7) is 0. The minimum absolute atomic E-state index is 0.00667. The predicted octanol–water partition coefficient (Wildman–Crippen LogP) is 2.93. The Morgan fingerprint density at radius 2 is 2.15 bits per heavy atom. The number of hydrogen-bond acceptors (Lipinski definition) is 3. The number of hydrogen-bond donors (Lipinski definition) is 2. The Morgan fingerprint density at radius 1 is 1.45 bits per heavy atom. The molecule has 20 heavy (non-hydrogen) atoms. The molecular formula is C14H16ClNO4. The topological polar surface area (TPSA) is 75.6 Å². The molecule has 2 rings (SSSR count). The van der Waals surface area contributed by atoms with Crippen LogP contribution in [0.1, 0.15) is 25.7 Å². The number of rotatable bonds is 5. The molecule has 1 aliphatic carbocycles. The lowest BCUT2D eigenvalue weighted by Gasteiger charge is -2.36. The summed E-state index contributed by atoms with van der Waals surface area (Å²) in [6.07, 6.45) is 1.96. The number of anilines is 1. The molecule has 5 nitrogen and oxygen atoms in total. The fourth-order valence-electron chi connectivity index (χ4n) is 2.32. The smallest absolute Gasteiger partial charge is 0.310 e. The van der Waals surface area contributed by atoms with Crippen molar-refractivity contribution in [3.8, 4) is 5.75 Å². The summed E-state index contributed by atoms with van der Waals surface area (Å²) >= 11 is 5.90. The third kappa shape index (κ3) is 2.88. The number of aliphatic carboxylic acids is 1. The van der Waals surface area contributed by atoms with Crippen LogP contribution in [0.5, 0.6) is 5.75 Å². The van der Waals surface area contributed by atoms with Crippen molar-refractivity contribution < 1.29 is 19.4 Å². The minimum Gasteiger partial charge on any atom is -0.495 e. The Balaban J connectivity index is 2.03. The Hall–Kier alpha value is -1.75. The van der Waals surface area contributed by atoms with Crippen LogP contribution in [0.25, 0.3) is 0 Å². The number of carbonyl (C=O) groups is 2. The third-order valence-electron chi connectivity index (χ3n) is 3.70. The molecule has 0 aromatic heterocycles. The van der Waals surface area contributed by atoms with Crippen LogP contribution < -0.4 is 10.1 Å². The molecule has 0 spiro atoms. The Bertz CT molecular complexity index is 540. The second-order valence-electron chi connectivity index (χ2n) is 5.01. The van der Waals surface area contributed by atoms with Crippen molar-refractivity contribution in [2.75, 3.05) is 12.4 Å². The Morgan fingerprint density at radius 3 is 2.65 bits per heavy atom. The van der Waals surface area contributed by atoms with Crippen LogP contribution in [0, 0.1) is 5.41 Å². The average molecular weight is 298 g/mol. The first-order valence-corrected chi connectivity index (χ1v) is 6.71. The summed E-state index contributed by atoms with van der Waals surface area (Å²) in [7, 11) is 1.49. The number of carbonyl (C=O) groups excluding carboxylic acids is 1. The number of halogens is 1. The molecule has 1 saturated carbocycles. The van der Waals surface area contributed by atoms with E-state index in [2.05, 4.69) is 5.32 Å². The first kappa shape index (κ1) is 14.7. The summed E-state index contributed by atoms with van der Waals surface area (Å²) in [4.78, 5) is 23.2. The number of amides is 1. The highest BCUT2D eigenvalue weighted by Gasteiger charge is 2.45. The van der Waals surface area contributed by atoms with Gasteiger partial charge in [0, 0.05) is 18.2 Å². The zero-order valence-corrected chi connectivity index (χ0v) is 11.9. The van der Waals surface area contributed by atoms with Crippen molar-refractivity contribution in [1.82, 2.24) is 0 Å². The van der Waals surface area contributed by atoms with Crippen molar-refractivity contribution in [2.24, 2.45) is 5.41 Å². The Kier molecular flexibility index (Phi) is 4.18. The van der Waals surface area contributed by atoms with Crippen LogP contribution in [0.4, 0.5) is 5.69 Å². The SMILES string of the molecule is COc1cc(NC(=O)CC2(C(=O)O)CCC2)ccc1Cl. The van der Waals surface area contributed by atoms with Crippen LogP contribution in [0.2, 0.25) is 5.02 Å². The van der Waals surface area contributed by atoms with Gasteiger partial charge in [-0.25, -0.2) is 0 Å². The van der Waals surface area contributed by atoms with Gasteiger partial charge in [-0.05, 0) is 25.0 Å². The van der Waals surface area contributed by atoms with Gasteiger partial charge in [0.2, 0.25) is 5.91 Å². The molecule has 1 aliphatic rings. The highest BCUT2D eigenvalue weighted by atomic mass is 35.5. The van der Waals surface area contributed by atoms with Gasteiger partial charge >= 0.3 is 5.97 Å². The molecule has 1 aromatic rings. The predicted molar refractivity (Wildman–Crippen MR) is 75.2 cm³/mol. The molecule has 108 valence electrons. The van der Waals surface area contributed by atoms with E-state index in [-0.39, 0.29) is 12.3 Å². The van der Waals surface area contributed by atoms with E-state index >= 15 is 0 Å². The lowest BCUT2D eigenvalue weighted by molar-refractivity contribution is -0.157. The lowest BCUT2D eigenvalue weighted by Crippen LogP contribution is -2.41. The van der Waals surface area contributed by atoms with E-state index in [1.54, 1.807) is 18.2 Å². The van der Waals surface area contributed by atoms with E-state index in [4.69, 9.17) is 16.3 Å². The van der Waals surface area contributed by atoms with E-state index < -0.39 is 11.4 Å². The van der Waals surface area contributed by atoms with Gasteiger partial charge in [0.25, 0.3) is 0 Å². The fraction of sp³-hybridized carbons (Fsp3) is 0.429. The van der Waals surface area contributed by atoms with Crippen LogP contribution in [-0.2, 0) is 9.59 Å². The van der Waals surface area contributed by atoms with E-state index in [1.165, 1.54) is 7.11 Å². The van der Waals surface area contributed by atoms with Crippen molar-refractivity contribution >= 4 is 29.2 Å². The summed E-state index contributed by atoms with van der Waals surface area (Å²) in [5, 5.41) is 12.3. The summed E-state index contributed by atoms with van der Waals surface area (Å²) in [6, 6.07) is 4.87. The number of ether oxygens (including phenoxy) is 1. The van der Waals surface area contributed by atoms with Crippen molar-refractivity contribution in [2.45, 2.75) is 25.7 Å². The van der Waals surface area contributed by atoms with Gasteiger partial charge in [0.15, 0.2) is 0 Å². The van der Waals surface area contributed by atoms with E-state index in [9.17, 15) is 14.7 Å². The zero-order valence-electron chi connectivity index (χ0n) is 11.1. The maximum atomic E-state index is 12.0. The molecule has 0 radical (unpaired) electrons. The van der Waals surface area contributed by atoms with Gasteiger partial charge in [0.1, 0.15) is 5.75 Å². The first-order chi connectivity index (χ1) is 9.47. The maximum absolute atomic E-state index is 12.0. The summed E-state index contributed by atoms with van der Waals surface area (Å²) in [5.74, 6) is -0.745. The van der Waals surface area contributed by atoms with Crippen molar-refractivity contribution in [1.29, 1.82) is 0 Å². The van der Waals surface area contributed by atoms with Crippen molar-refractivity contribution in [3.63, 3.8) is 0 Å². The lowest BCUT2D eigenvalue weighted by atomic mass is 9.66. The molecular weight excluding hydrogens is 282 g/mol. The third-order valence-corrected chi connectivity index (χ3v) is 4.01. The second kappa shape index (κ2) is 5.71. The number of benzene rings is 1. The van der Waals surface area contributed by atoms with Gasteiger partial charge in [0.05, 0.1) is 17.5 Å². The molecule has 0 bridgehead atoms. The van der Waals surface area contributed by atoms with Gasteiger partial charge in [-0.2, -0.15) is 0 Å². The largest absolute Gasteiger partial charge is 0.495 e. The van der Waals surface area contributed by atoms with Crippen LogP contribution in [0.3, 0.4) is 0 Å². The van der Waals surface area contributed by atoms with E-state index in [0.29, 0.717) is 29.3 Å². The zero-order chi connectivity index (χ0) is 14.8. The quantitative estimate of drug-likeness (QED) is 0.876. The fourth-order valence-corrected chi connectivity index (χ4v) is 2.51. The van der Waals surface area contributed by atoms with Crippen molar-refractivity contribution in [3.05, 3.63) is 23.2 Å². The van der Waals surface area contributed by atoms with E-state index in [1.807, 2.05) is 0 Å².